The molecular weight excluding hydrogens is 344 g/mol. The number of aromatic nitrogens is 3. The van der Waals surface area contributed by atoms with Gasteiger partial charge < -0.3 is 14.2 Å². The summed E-state index contributed by atoms with van der Waals surface area (Å²) in [5.74, 6) is 1.63. The molecule has 0 spiro atoms. The molecule has 3 aromatic rings. The summed E-state index contributed by atoms with van der Waals surface area (Å²) in [5.41, 5.74) is 1.20. The standard InChI is InChI=1S/C20H20N4O3/c1-14-21-10-9-19(22-14)26-16-8-5-11-24(13-16)20(25)17-12-18(27-23-17)15-6-3-2-4-7-15/h2-4,6-7,9-10,12,16H,5,8,11,13H2,1H3. The fourth-order valence-corrected chi connectivity index (χ4v) is 3.17. The third kappa shape index (κ3) is 3.97. The van der Waals surface area contributed by atoms with Gasteiger partial charge in [-0.05, 0) is 19.8 Å². The maximum Gasteiger partial charge on any atom is 0.276 e. The highest BCUT2D eigenvalue weighted by Gasteiger charge is 2.28. The second-order valence-electron chi connectivity index (χ2n) is 6.52. The van der Waals surface area contributed by atoms with E-state index in [9.17, 15) is 4.79 Å². The number of hydrogen-bond donors (Lipinski definition) is 0. The van der Waals surface area contributed by atoms with Gasteiger partial charge in [-0.3, -0.25) is 4.79 Å². The number of amides is 1. The summed E-state index contributed by atoms with van der Waals surface area (Å²) < 4.78 is 11.3. The van der Waals surface area contributed by atoms with Crippen molar-refractivity contribution in [3.8, 4) is 17.2 Å². The summed E-state index contributed by atoms with van der Waals surface area (Å²) in [6.07, 6.45) is 3.31. The summed E-state index contributed by atoms with van der Waals surface area (Å²) in [5, 5.41) is 3.96. The predicted octanol–water partition coefficient (Wildman–Crippen LogP) is 3.12. The number of nitrogens with zero attached hydrogens (tertiary/aromatic N) is 4. The second-order valence-corrected chi connectivity index (χ2v) is 6.52. The summed E-state index contributed by atoms with van der Waals surface area (Å²) in [6.45, 7) is 2.99. The average molecular weight is 364 g/mol. The molecule has 7 heteroatoms. The molecule has 0 aliphatic carbocycles. The van der Waals surface area contributed by atoms with Gasteiger partial charge >= 0.3 is 0 Å². The van der Waals surface area contributed by atoms with Crippen molar-refractivity contribution in [2.24, 2.45) is 0 Å². The van der Waals surface area contributed by atoms with Gasteiger partial charge in [-0.2, -0.15) is 4.98 Å². The third-order valence-electron chi connectivity index (χ3n) is 4.49. The molecule has 3 heterocycles. The molecule has 1 unspecified atom stereocenters. The lowest BCUT2D eigenvalue weighted by Gasteiger charge is -2.32. The monoisotopic (exact) mass is 364 g/mol. The first-order chi connectivity index (χ1) is 13.2. The van der Waals surface area contributed by atoms with Gasteiger partial charge in [0.2, 0.25) is 5.88 Å². The van der Waals surface area contributed by atoms with E-state index in [4.69, 9.17) is 9.26 Å². The Balaban J connectivity index is 1.43. The molecule has 1 aromatic carbocycles. The van der Waals surface area contributed by atoms with Crippen molar-refractivity contribution in [2.75, 3.05) is 13.1 Å². The zero-order valence-electron chi connectivity index (χ0n) is 15.0. The summed E-state index contributed by atoms with van der Waals surface area (Å²) in [7, 11) is 0. The van der Waals surface area contributed by atoms with Crippen LogP contribution in [-0.4, -0.2) is 45.1 Å². The molecule has 27 heavy (non-hydrogen) atoms. The number of carbonyl (C=O) groups is 1. The highest BCUT2D eigenvalue weighted by Crippen LogP contribution is 2.22. The molecule has 1 aliphatic heterocycles. The van der Waals surface area contributed by atoms with Crippen LogP contribution in [0.3, 0.4) is 0 Å². The largest absolute Gasteiger partial charge is 0.472 e. The van der Waals surface area contributed by atoms with Crippen LogP contribution in [0, 0.1) is 6.92 Å². The summed E-state index contributed by atoms with van der Waals surface area (Å²) in [6, 6.07) is 13.0. The maximum atomic E-state index is 12.8. The van der Waals surface area contributed by atoms with E-state index in [-0.39, 0.29) is 12.0 Å². The molecule has 1 amide bonds. The number of benzene rings is 1. The van der Waals surface area contributed by atoms with E-state index in [0.29, 0.717) is 36.2 Å². The molecule has 0 radical (unpaired) electrons. The third-order valence-corrected chi connectivity index (χ3v) is 4.49. The molecule has 0 N–H and O–H groups in total. The van der Waals surface area contributed by atoms with E-state index >= 15 is 0 Å². The van der Waals surface area contributed by atoms with Crippen LogP contribution in [-0.2, 0) is 0 Å². The fourth-order valence-electron chi connectivity index (χ4n) is 3.17. The molecule has 1 saturated heterocycles. The van der Waals surface area contributed by atoms with Crippen molar-refractivity contribution >= 4 is 5.91 Å². The first-order valence-electron chi connectivity index (χ1n) is 8.97. The van der Waals surface area contributed by atoms with E-state index in [1.54, 1.807) is 23.2 Å². The van der Waals surface area contributed by atoms with Crippen molar-refractivity contribution in [1.82, 2.24) is 20.0 Å². The van der Waals surface area contributed by atoms with Crippen LogP contribution in [0.25, 0.3) is 11.3 Å². The van der Waals surface area contributed by atoms with Crippen LogP contribution in [0.4, 0.5) is 0 Å². The number of rotatable bonds is 4. The van der Waals surface area contributed by atoms with Crippen molar-refractivity contribution in [3.63, 3.8) is 0 Å². The number of likely N-dealkylation sites (tertiary alicyclic amines) is 1. The fraction of sp³-hybridized carbons (Fsp3) is 0.300. The van der Waals surface area contributed by atoms with E-state index in [0.717, 1.165) is 18.4 Å². The number of ether oxygens (including phenoxy) is 1. The Morgan fingerprint density at radius 3 is 2.93 bits per heavy atom. The average Bonchev–Trinajstić information content (AvgIpc) is 3.19. The van der Waals surface area contributed by atoms with Gasteiger partial charge in [-0.15, -0.1) is 0 Å². The zero-order chi connectivity index (χ0) is 18.6. The topological polar surface area (TPSA) is 81.4 Å². The van der Waals surface area contributed by atoms with Crippen molar-refractivity contribution in [2.45, 2.75) is 25.9 Å². The predicted molar refractivity (Wildman–Crippen MR) is 98.3 cm³/mol. The van der Waals surface area contributed by atoms with Crippen LogP contribution in [0.15, 0.2) is 53.2 Å². The van der Waals surface area contributed by atoms with Crippen LogP contribution in [0.2, 0.25) is 0 Å². The molecule has 1 fully saturated rings. The minimum absolute atomic E-state index is 0.0995. The lowest BCUT2D eigenvalue weighted by Crippen LogP contribution is -2.44. The summed E-state index contributed by atoms with van der Waals surface area (Å²) in [4.78, 5) is 22.9. The highest BCUT2D eigenvalue weighted by atomic mass is 16.5. The first-order valence-corrected chi connectivity index (χ1v) is 8.97. The lowest BCUT2D eigenvalue weighted by molar-refractivity contribution is 0.0518. The van der Waals surface area contributed by atoms with Crippen LogP contribution < -0.4 is 4.74 Å². The molecule has 2 aromatic heterocycles. The molecule has 138 valence electrons. The van der Waals surface area contributed by atoms with Crippen molar-refractivity contribution in [1.29, 1.82) is 0 Å². The van der Waals surface area contributed by atoms with Gasteiger partial charge in [0.25, 0.3) is 5.91 Å². The Bertz CT molecular complexity index is 926. The van der Waals surface area contributed by atoms with E-state index in [2.05, 4.69) is 15.1 Å². The van der Waals surface area contributed by atoms with Gasteiger partial charge in [-0.25, -0.2) is 4.98 Å². The molecule has 4 rings (SSSR count). The van der Waals surface area contributed by atoms with Gasteiger partial charge in [0.1, 0.15) is 11.9 Å². The number of piperidine rings is 1. The highest BCUT2D eigenvalue weighted by molar-refractivity contribution is 5.93. The zero-order valence-corrected chi connectivity index (χ0v) is 15.0. The molecule has 1 atom stereocenters. The molecule has 0 bridgehead atoms. The minimum atomic E-state index is -0.145. The quantitative estimate of drug-likeness (QED) is 0.707. The van der Waals surface area contributed by atoms with E-state index in [1.165, 1.54) is 0 Å². The lowest BCUT2D eigenvalue weighted by atomic mass is 10.1. The smallest absolute Gasteiger partial charge is 0.276 e. The van der Waals surface area contributed by atoms with Crippen LogP contribution in [0.5, 0.6) is 5.88 Å². The Labute approximate surface area is 157 Å². The maximum absolute atomic E-state index is 12.8. The number of aryl methyl sites for hydroxylation is 1. The van der Waals surface area contributed by atoms with E-state index < -0.39 is 0 Å². The van der Waals surface area contributed by atoms with Gasteiger partial charge in [0.15, 0.2) is 11.5 Å². The SMILES string of the molecule is Cc1nccc(OC2CCCN(C(=O)c3cc(-c4ccccc4)on3)C2)n1. The van der Waals surface area contributed by atoms with Gasteiger partial charge in [0, 0.05) is 30.4 Å². The number of hydrogen-bond acceptors (Lipinski definition) is 6. The number of carbonyl (C=O) groups excluding carboxylic acids is 1. The van der Waals surface area contributed by atoms with Gasteiger partial charge in [-0.1, -0.05) is 35.5 Å². The Morgan fingerprint density at radius 2 is 2.11 bits per heavy atom. The van der Waals surface area contributed by atoms with Crippen LogP contribution >= 0.6 is 0 Å². The molecular formula is C20H20N4O3. The normalized spacial score (nSPS) is 16.9. The Morgan fingerprint density at radius 1 is 1.26 bits per heavy atom. The van der Waals surface area contributed by atoms with Gasteiger partial charge in [0.05, 0.1) is 6.54 Å². The minimum Gasteiger partial charge on any atom is -0.472 e. The summed E-state index contributed by atoms with van der Waals surface area (Å²) >= 11 is 0. The first kappa shape index (κ1) is 17.2. The molecule has 7 nitrogen and oxygen atoms in total. The van der Waals surface area contributed by atoms with Crippen molar-refractivity contribution < 1.29 is 14.1 Å². The van der Waals surface area contributed by atoms with Crippen LogP contribution in [0.1, 0.15) is 29.2 Å². The Hall–Kier alpha value is -3.22. The van der Waals surface area contributed by atoms with Crippen molar-refractivity contribution in [3.05, 3.63) is 60.2 Å². The molecule has 1 aliphatic rings. The molecule has 0 saturated carbocycles. The second kappa shape index (κ2) is 7.57. The van der Waals surface area contributed by atoms with E-state index in [1.807, 2.05) is 37.3 Å². The Kier molecular flexibility index (Phi) is 4.82.